The number of amides is 2. The number of benzene rings is 2. The van der Waals surface area contributed by atoms with Crippen molar-refractivity contribution in [3.8, 4) is 5.75 Å². The van der Waals surface area contributed by atoms with Crippen molar-refractivity contribution in [2.75, 3.05) is 12.4 Å². The summed E-state index contributed by atoms with van der Waals surface area (Å²) < 4.78 is 10.2. The van der Waals surface area contributed by atoms with Crippen LogP contribution < -0.4 is 15.4 Å². The third-order valence-corrected chi connectivity index (χ3v) is 3.46. The topological polar surface area (TPSA) is 89.3 Å². The molecule has 1 aromatic heterocycles. The zero-order valence-corrected chi connectivity index (χ0v) is 13.7. The molecule has 0 saturated heterocycles. The van der Waals surface area contributed by atoms with E-state index in [9.17, 15) is 4.79 Å². The minimum atomic E-state index is -0.354. The van der Waals surface area contributed by atoms with E-state index in [1.54, 1.807) is 31.4 Å². The third kappa shape index (κ3) is 4.81. The molecule has 0 fully saturated rings. The van der Waals surface area contributed by atoms with E-state index in [0.29, 0.717) is 23.8 Å². The molecule has 2 amide bonds. The second-order valence-corrected chi connectivity index (χ2v) is 5.30. The molecule has 3 rings (SSSR count). The van der Waals surface area contributed by atoms with Crippen LogP contribution >= 0.6 is 0 Å². The summed E-state index contributed by atoms with van der Waals surface area (Å²) in [5.74, 6) is 1.66. The lowest BCUT2D eigenvalue weighted by atomic mass is 10.1. The first kappa shape index (κ1) is 16.5. The van der Waals surface area contributed by atoms with Crippen molar-refractivity contribution in [1.82, 2.24) is 15.5 Å². The van der Waals surface area contributed by atoms with Gasteiger partial charge in [0.25, 0.3) is 0 Å². The number of carbonyl (C=O) groups excluding carboxylic acids is 1. The van der Waals surface area contributed by atoms with Crippen LogP contribution in [-0.4, -0.2) is 23.3 Å². The van der Waals surface area contributed by atoms with Gasteiger partial charge in [0.05, 0.1) is 13.7 Å². The second kappa shape index (κ2) is 7.96. The molecular weight excluding hydrogens is 320 g/mol. The van der Waals surface area contributed by atoms with E-state index in [1.165, 1.54) is 0 Å². The van der Waals surface area contributed by atoms with Crippen LogP contribution in [0, 0.1) is 0 Å². The molecule has 0 bridgehead atoms. The molecule has 7 heteroatoms. The zero-order chi connectivity index (χ0) is 17.5. The molecule has 0 saturated carbocycles. The number of anilines is 1. The molecule has 7 nitrogen and oxygen atoms in total. The van der Waals surface area contributed by atoms with Gasteiger partial charge in [-0.15, -0.1) is 0 Å². The van der Waals surface area contributed by atoms with Crippen LogP contribution in [0.5, 0.6) is 5.75 Å². The van der Waals surface area contributed by atoms with Crippen molar-refractivity contribution in [1.29, 1.82) is 0 Å². The van der Waals surface area contributed by atoms with Crippen molar-refractivity contribution in [2.45, 2.75) is 13.0 Å². The normalized spacial score (nSPS) is 10.3. The van der Waals surface area contributed by atoms with Gasteiger partial charge in [-0.25, -0.2) is 4.79 Å². The smallest absolute Gasteiger partial charge is 0.319 e. The van der Waals surface area contributed by atoms with E-state index in [1.807, 2.05) is 30.3 Å². The summed E-state index contributed by atoms with van der Waals surface area (Å²) in [6.07, 6.45) is 0.586. The number of nitrogens with zero attached hydrogens (tertiary/aromatic N) is 2. The molecule has 0 radical (unpaired) electrons. The van der Waals surface area contributed by atoms with Crippen LogP contribution in [0.2, 0.25) is 0 Å². The van der Waals surface area contributed by atoms with Crippen LogP contribution in [0.3, 0.4) is 0 Å². The highest BCUT2D eigenvalue weighted by atomic mass is 16.5. The summed E-state index contributed by atoms with van der Waals surface area (Å²) in [6.45, 7) is 0.157. The van der Waals surface area contributed by atoms with Gasteiger partial charge >= 0.3 is 6.03 Å². The fourth-order valence-corrected chi connectivity index (χ4v) is 2.22. The van der Waals surface area contributed by atoms with E-state index >= 15 is 0 Å². The number of aromatic nitrogens is 2. The number of hydrogen-bond acceptors (Lipinski definition) is 5. The summed E-state index contributed by atoms with van der Waals surface area (Å²) in [6, 6.07) is 16.6. The highest BCUT2D eigenvalue weighted by Gasteiger charge is 2.09. The van der Waals surface area contributed by atoms with E-state index in [2.05, 4.69) is 20.8 Å². The van der Waals surface area contributed by atoms with Crippen LogP contribution in [0.1, 0.15) is 17.3 Å². The van der Waals surface area contributed by atoms with Crippen molar-refractivity contribution in [2.24, 2.45) is 0 Å². The van der Waals surface area contributed by atoms with Crippen molar-refractivity contribution < 1.29 is 14.1 Å². The lowest BCUT2D eigenvalue weighted by molar-refractivity contribution is 0.249. The minimum Gasteiger partial charge on any atom is -0.497 e. The van der Waals surface area contributed by atoms with Crippen LogP contribution in [-0.2, 0) is 13.0 Å². The molecule has 0 aliphatic heterocycles. The van der Waals surface area contributed by atoms with Crippen LogP contribution in [0.4, 0.5) is 10.5 Å². The second-order valence-electron chi connectivity index (χ2n) is 5.30. The van der Waals surface area contributed by atoms with Gasteiger partial charge in [0.2, 0.25) is 5.89 Å². The monoisotopic (exact) mass is 338 g/mol. The Morgan fingerprint density at radius 1 is 1.12 bits per heavy atom. The first-order chi connectivity index (χ1) is 12.2. The first-order valence-electron chi connectivity index (χ1n) is 7.77. The van der Waals surface area contributed by atoms with Gasteiger partial charge in [0.15, 0.2) is 5.82 Å². The maximum absolute atomic E-state index is 11.9. The SMILES string of the molecule is COc1ccc(NC(=O)NCc2nc(Cc3ccccc3)no2)cc1. The summed E-state index contributed by atoms with van der Waals surface area (Å²) in [5, 5.41) is 9.31. The quantitative estimate of drug-likeness (QED) is 0.721. The van der Waals surface area contributed by atoms with Crippen molar-refractivity contribution in [3.05, 3.63) is 71.9 Å². The third-order valence-electron chi connectivity index (χ3n) is 3.46. The standard InChI is InChI=1S/C18H18N4O3/c1-24-15-9-7-14(8-10-15)20-18(23)19-12-17-21-16(22-25-17)11-13-5-3-2-4-6-13/h2-10H,11-12H2,1H3,(H2,19,20,23). The van der Waals surface area contributed by atoms with Crippen LogP contribution in [0.25, 0.3) is 0 Å². The summed E-state index contributed by atoms with van der Waals surface area (Å²) in [4.78, 5) is 16.2. The number of rotatable bonds is 6. The molecule has 3 aromatic rings. The van der Waals surface area contributed by atoms with Gasteiger partial charge < -0.3 is 19.9 Å². The van der Waals surface area contributed by atoms with Crippen LogP contribution in [0.15, 0.2) is 59.1 Å². The average molecular weight is 338 g/mol. The Morgan fingerprint density at radius 3 is 2.60 bits per heavy atom. The van der Waals surface area contributed by atoms with Gasteiger partial charge in [-0.05, 0) is 29.8 Å². The Bertz CT molecular complexity index is 816. The summed E-state index contributed by atoms with van der Waals surface area (Å²) in [5.41, 5.74) is 1.76. The number of carbonyl (C=O) groups is 1. The fraction of sp³-hybridized carbons (Fsp3) is 0.167. The first-order valence-corrected chi connectivity index (χ1v) is 7.77. The maximum atomic E-state index is 11.9. The lowest BCUT2D eigenvalue weighted by Gasteiger charge is -2.06. The largest absolute Gasteiger partial charge is 0.497 e. The van der Waals surface area contributed by atoms with E-state index < -0.39 is 0 Å². The molecule has 0 aliphatic carbocycles. The van der Waals surface area contributed by atoms with Gasteiger partial charge in [0.1, 0.15) is 5.75 Å². The highest BCUT2D eigenvalue weighted by molar-refractivity contribution is 5.89. The van der Waals surface area contributed by atoms with E-state index in [-0.39, 0.29) is 12.6 Å². The molecule has 25 heavy (non-hydrogen) atoms. The van der Waals surface area contributed by atoms with Gasteiger partial charge in [-0.3, -0.25) is 0 Å². The predicted molar refractivity (Wildman–Crippen MR) is 92.4 cm³/mol. The van der Waals surface area contributed by atoms with Gasteiger partial charge in [-0.1, -0.05) is 35.5 Å². The minimum absolute atomic E-state index is 0.157. The Labute approximate surface area is 145 Å². The number of hydrogen-bond donors (Lipinski definition) is 2. The molecule has 128 valence electrons. The number of ether oxygens (including phenoxy) is 1. The number of urea groups is 1. The molecule has 1 heterocycles. The Hall–Kier alpha value is -3.35. The number of methoxy groups -OCH3 is 1. The summed E-state index contributed by atoms with van der Waals surface area (Å²) >= 11 is 0. The fourth-order valence-electron chi connectivity index (χ4n) is 2.22. The van der Waals surface area contributed by atoms with Crippen molar-refractivity contribution >= 4 is 11.7 Å². The maximum Gasteiger partial charge on any atom is 0.319 e. The predicted octanol–water partition coefficient (Wildman–Crippen LogP) is 2.99. The average Bonchev–Trinajstić information content (AvgIpc) is 3.09. The Kier molecular flexibility index (Phi) is 5.26. The molecule has 0 aliphatic rings. The molecule has 2 aromatic carbocycles. The molecule has 0 unspecified atom stereocenters. The highest BCUT2D eigenvalue weighted by Crippen LogP contribution is 2.14. The zero-order valence-electron chi connectivity index (χ0n) is 13.7. The number of nitrogens with one attached hydrogen (secondary N) is 2. The van der Waals surface area contributed by atoms with Gasteiger partial charge in [0, 0.05) is 12.1 Å². The molecule has 0 atom stereocenters. The molecular formula is C18H18N4O3. The Morgan fingerprint density at radius 2 is 1.88 bits per heavy atom. The summed E-state index contributed by atoms with van der Waals surface area (Å²) in [7, 11) is 1.59. The lowest BCUT2D eigenvalue weighted by Crippen LogP contribution is -2.28. The van der Waals surface area contributed by atoms with E-state index in [4.69, 9.17) is 9.26 Å². The van der Waals surface area contributed by atoms with Gasteiger partial charge in [-0.2, -0.15) is 4.98 Å². The molecule has 0 spiro atoms. The molecule has 2 N–H and O–H groups in total. The van der Waals surface area contributed by atoms with Crippen molar-refractivity contribution in [3.63, 3.8) is 0 Å². The Balaban J connectivity index is 1.48. The van der Waals surface area contributed by atoms with E-state index in [0.717, 1.165) is 11.3 Å².